The number of unbranched alkanes of at least 4 members (excludes halogenated alkanes) is 3. The zero-order chi connectivity index (χ0) is 15.2. The van der Waals surface area contributed by atoms with Crippen molar-refractivity contribution in [1.82, 2.24) is 5.32 Å². The van der Waals surface area contributed by atoms with Crippen molar-refractivity contribution in [1.29, 1.82) is 0 Å². The minimum Gasteiger partial charge on any atom is -0.450 e. The molecular weight excluding hydrogens is 262 g/mol. The highest BCUT2D eigenvalue weighted by molar-refractivity contribution is 5.70. The Morgan fingerprint density at radius 2 is 1.80 bits per heavy atom. The van der Waals surface area contributed by atoms with Gasteiger partial charge >= 0.3 is 6.09 Å². The van der Waals surface area contributed by atoms with Gasteiger partial charge in [-0.3, -0.25) is 5.32 Å². The van der Waals surface area contributed by atoms with Crippen LogP contribution in [0.2, 0.25) is 0 Å². The molecule has 0 aromatic rings. The van der Waals surface area contributed by atoms with Gasteiger partial charge in [0.05, 0.1) is 12.3 Å². The summed E-state index contributed by atoms with van der Waals surface area (Å²) in [6.45, 7) is 3.89. The second-order valence-electron chi connectivity index (χ2n) is 3.86. The van der Waals surface area contributed by atoms with Crippen LogP contribution in [0.4, 0.5) is 4.79 Å². The Morgan fingerprint density at radius 3 is 2.35 bits per heavy atom. The number of isocyanates is 2. The van der Waals surface area contributed by atoms with Gasteiger partial charge in [0.25, 0.3) is 0 Å². The van der Waals surface area contributed by atoms with Crippen molar-refractivity contribution in [3.05, 3.63) is 11.5 Å². The van der Waals surface area contributed by atoms with Gasteiger partial charge in [0.2, 0.25) is 12.2 Å². The number of alkyl carbamates (subject to hydrolysis) is 1. The van der Waals surface area contributed by atoms with Gasteiger partial charge in [-0.25, -0.2) is 14.4 Å². The first-order valence-electron chi connectivity index (χ1n) is 6.52. The van der Waals surface area contributed by atoms with Crippen LogP contribution in [-0.2, 0) is 14.3 Å². The predicted molar refractivity (Wildman–Crippen MR) is 72.2 cm³/mol. The number of nitrogens with one attached hydrogen (secondary N) is 1. The number of hydrogen-bond acceptors (Lipinski definition) is 6. The Kier molecular flexibility index (Phi) is 10.5. The quantitative estimate of drug-likeness (QED) is 0.399. The van der Waals surface area contributed by atoms with Crippen LogP contribution in [0, 0.1) is 0 Å². The molecule has 0 aromatic carbocycles. The standard InChI is InChI=1S/C13H19N3O4/c1-3-5-6-7-8-11(14-9-17)12(15-10-18)16-13(19)20-4-2/h3-8H2,1-2H3,(H,16,19). The minimum absolute atomic E-state index is 0.127. The molecule has 0 bridgehead atoms. The van der Waals surface area contributed by atoms with E-state index in [1.165, 1.54) is 12.2 Å². The van der Waals surface area contributed by atoms with E-state index >= 15 is 0 Å². The number of rotatable bonds is 9. The fourth-order valence-corrected chi connectivity index (χ4v) is 1.48. The van der Waals surface area contributed by atoms with Crippen LogP contribution in [0.15, 0.2) is 21.5 Å². The predicted octanol–water partition coefficient (Wildman–Crippen LogP) is 2.54. The third-order valence-electron chi connectivity index (χ3n) is 2.37. The van der Waals surface area contributed by atoms with E-state index < -0.39 is 6.09 Å². The van der Waals surface area contributed by atoms with Crippen molar-refractivity contribution < 1.29 is 19.1 Å². The number of nitrogens with zero attached hydrogens (tertiary/aromatic N) is 2. The molecule has 0 fully saturated rings. The first-order valence-corrected chi connectivity index (χ1v) is 6.52. The zero-order valence-corrected chi connectivity index (χ0v) is 11.8. The third-order valence-corrected chi connectivity index (χ3v) is 2.37. The van der Waals surface area contributed by atoms with Crippen LogP contribution in [0.25, 0.3) is 0 Å². The van der Waals surface area contributed by atoms with Crippen molar-refractivity contribution in [2.45, 2.75) is 46.0 Å². The number of ether oxygens (including phenoxy) is 1. The lowest BCUT2D eigenvalue weighted by Gasteiger charge is -2.07. The van der Waals surface area contributed by atoms with Crippen LogP contribution < -0.4 is 5.32 Å². The highest BCUT2D eigenvalue weighted by atomic mass is 16.5. The summed E-state index contributed by atoms with van der Waals surface area (Å²) >= 11 is 0. The van der Waals surface area contributed by atoms with Gasteiger partial charge in [0.1, 0.15) is 0 Å². The van der Waals surface area contributed by atoms with E-state index in [4.69, 9.17) is 0 Å². The first-order chi connectivity index (χ1) is 9.69. The monoisotopic (exact) mass is 281 g/mol. The van der Waals surface area contributed by atoms with Gasteiger partial charge in [-0.1, -0.05) is 26.2 Å². The summed E-state index contributed by atoms with van der Waals surface area (Å²) < 4.78 is 4.68. The number of aliphatic imine (C=N–C) groups is 2. The molecule has 7 nitrogen and oxygen atoms in total. The average molecular weight is 281 g/mol. The number of allylic oxidation sites excluding steroid dienone is 1. The maximum absolute atomic E-state index is 11.3. The molecule has 110 valence electrons. The molecule has 0 radical (unpaired) electrons. The van der Waals surface area contributed by atoms with Gasteiger partial charge in [0, 0.05) is 0 Å². The summed E-state index contributed by atoms with van der Waals surface area (Å²) in [6.07, 6.45) is 6.16. The summed E-state index contributed by atoms with van der Waals surface area (Å²) in [4.78, 5) is 39.0. The van der Waals surface area contributed by atoms with E-state index in [9.17, 15) is 14.4 Å². The van der Waals surface area contributed by atoms with E-state index in [0.717, 1.165) is 25.7 Å². The van der Waals surface area contributed by atoms with E-state index in [0.29, 0.717) is 6.42 Å². The summed E-state index contributed by atoms with van der Waals surface area (Å²) in [5.74, 6) is -0.127. The highest BCUT2D eigenvalue weighted by Crippen LogP contribution is 2.15. The Morgan fingerprint density at radius 1 is 1.10 bits per heavy atom. The summed E-state index contributed by atoms with van der Waals surface area (Å²) in [6, 6.07) is 0. The van der Waals surface area contributed by atoms with Crippen molar-refractivity contribution in [2.75, 3.05) is 6.61 Å². The van der Waals surface area contributed by atoms with Crippen LogP contribution in [0.5, 0.6) is 0 Å². The van der Waals surface area contributed by atoms with Crippen LogP contribution in [-0.4, -0.2) is 24.9 Å². The third kappa shape index (κ3) is 7.97. The lowest BCUT2D eigenvalue weighted by atomic mass is 10.1. The van der Waals surface area contributed by atoms with Crippen molar-refractivity contribution in [3.8, 4) is 0 Å². The van der Waals surface area contributed by atoms with Crippen LogP contribution in [0.1, 0.15) is 46.0 Å². The molecular formula is C13H19N3O4. The second kappa shape index (κ2) is 11.8. The number of carbonyl (C=O) groups excluding carboxylic acids is 3. The molecule has 0 aliphatic carbocycles. The maximum Gasteiger partial charge on any atom is 0.412 e. The molecule has 0 spiro atoms. The fourth-order valence-electron chi connectivity index (χ4n) is 1.48. The summed E-state index contributed by atoms with van der Waals surface area (Å²) in [7, 11) is 0. The van der Waals surface area contributed by atoms with Gasteiger partial charge < -0.3 is 4.74 Å². The Bertz CT molecular complexity index is 433. The molecule has 7 heteroatoms. The topological polar surface area (TPSA) is 97.2 Å². The van der Waals surface area contributed by atoms with E-state index in [1.54, 1.807) is 6.92 Å². The smallest absolute Gasteiger partial charge is 0.412 e. The SMILES string of the molecule is CCCCCCC(N=C=O)=C(N=C=O)NC(=O)OCC. The highest BCUT2D eigenvalue weighted by Gasteiger charge is 2.10. The number of carbonyl (C=O) groups is 1. The molecule has 0 atom stereocenters. The van der Waals surface area contributed by atoms with Crippen molar-refractivity contribution >= 4 is 18.3 Å². The molecule has 0 saturated heterocycles. The van der Waals surface area contributed by atoms with E-state index in [1.807, 2.05) is 0 Å². The van der Waals surface area contributed by atoms with Crippen LogP contribution >= 0.6 is 0 Å². The van der Waals surface area contributed by atoms with Gasteiger partial charge in [-0.05, 0) is 19.8 Å². The van der Waals surface area contributed by atoms with E-state index in [2.05, 4.69) is 27.0 Å². The van der Waals surface area contributed by atoms with Crippen LogP contribution in [0.3, 0.4) is 0 Å². The van der Waals surface area contributed by atoms with Crippen molar-refractivity contribution in [2.24, 2.45) is 9.98 Å². The zero-order valence-electron chi connectivity index (χ0n) is 11.8. The molecule has 1 amide bonds. The summed E-state index contributed by atoms with van der Waals surface area (Å²) in [5.41, 5.74) is 0.188. The Hall–Kier alpha value is -2.23. The molecule has 0 aliphatic heterocycles. The Balaban J connectivity index is 4.96. The van der Waals surface area contributed by atoms with Gasteiger partial charge in [-0.2, -0.15) is 4.99 Å². The minimum atomic E-state index is -0.770. The molecule has 1 N–H and O–H groups in total. The van der Waals surface area contributed by atoms with Gasteiger partial charge in [0.15, 0.2) is 5.82 Å². The van der Waals surface area contributed by atoms with Crippen molar-refractivity contribution in [3.63, 3.8) is 0 Å². The molecule has 0 heterocycles. The second-order valence-corrected chi connectivity index (χ2v) is 3.86. The molecule has 0 unspecified atom stereocenters. The molecule has 0 aromatic heterocycles. The molecule has 0 rings (SSSR count). The average Bonchev–Trinajstić information content (AvgIpc) is 2.42. The molecule has 20 heavy (non-hydrogen) atoms. The molecule has 0 aliphatic rings. The fraction of sp³-hybridized carbons (Fsp3) is 0.615. The number of hydrogen-bond donors (Lipinski definition) is 1. The lowest BCUT2D eigenvalue weighted by molar-refractivity contribution is 0.155. The largest absolute Gasteiger partial charge is 0.450 e. The molecule has 0 saturated carbocycles. The normalized spacial score (nSPS) is 10.7. The summed E-state index contributed by atoms with van der Waals surface area (Å²) in [5, 5.41) is 2.26. The van der Waals surface area contributed by atoms with E-state index in [-0.39, 0.29) is 18.1 Å². The first kappa shape index (κ1) is 17.8. The number of amides is 1. The Labute approximate surface area is 117 Å². The lowest BCUT2D eigenvalue weighted by Crippen LogP contribution is -2.24. The maximum atomic E-state index is 11.3. The van der Waals surface area contributed by atoms with Gasteiger partial charge in [-0.15, -0.1) is 4.99 Å².